The van der Waals surface area contributed by atoms with Crippen LogP contribution in [0.3, 0.4) is 0 Å². The second-order valence-electron chi connectivity index (χ2n) is 2.47. The van der Waals surface area contributed by atoms with Gasteiger partial charge in [0.2, 0.25) is 5.91 Å². The van der Waals surface area contributed by atoms with Gasteiger partial charge in [0.05, 0.1) is 5.97 Å². The van der Waals surface area contributed by atoms with Crippen LogP contribution >= 0.6 is 0 Å². The molecule has 76 valence electrons. The van der Waals surface area contributed by atoms with Crippen molar-refractivity contribution in [2.24, 2.45) is 0 Å². The van der Waals surface area contributed by atoms with Gasteiger partial charge in [-0.1, -0.05) is 12.2 Å². The van der Waals surface area contributed by atoms with Gasteiger partial charge < -0.3 is 14.8 Å². The van der Waals surface area contributed by atoms with Crippen LogP contribution in [0, 0.1) is 0 Å². The van der Waals surface area contributed by atoms with E-state index in [0.717, 1.165) is 6.08 Å². The van der Waals surface area contributed by atoms with E-state index < -0.39 is 11.9 Å². The average Bonchev–Trinajstić information content (AvgIpc) is 2.14. The number of hydrogen-bond donors (Lipinski definition) is 0. The maximum Gasteiger partial charge on any atom is 1.00 e. The van der Waals surface area contributed by atoms with Crippen LogP contribution < -0.4 is 34.7 Å². The molecule has 0 aliphatic carbocycles. The van der Waals surface area contributed by atoms with E-state index in [1.807, 2.05) is 0 Å². The van der Waals surface area contributed by atoms with E-state index in [-0.39, 0.29) is 29.6 Å². The van der Waals surface area contributed by atoms with E-state index in [0.29, 0.717) is 19.2 Å². The Morgan fingerprint density at radius 1 is 1.13 bits per heavy atom. The first-order chi connectivity index (χ1) is 6.61. The SMILES string of the molecule is C=CCN(CC=C)C(=O)C=CC(=O)[O-].[Na+]. The van der Waals surface area contributed by atoms with Gasteiger partial charge >= 0.3 is 29.6 Å². The molecule has 0 aromatic rings. The summed E-state index contributed by atoms with van der Waals surface area (Å²) in [6, 6.07) is 0. The second kappa shape index (κ2) is 9.71. The molecule has 0 aromatic carbocycles. The van der Waals surface area contributed by atoms with Crippen molar-refractivity contribution in [3.8, 4) is 0 Å². The molecule has 0 fully saturated rings. The first-order valence-electron chi connectivity index (χ1n) is 4.01. The summed E-state index contributed by atoms with van der Waals surface area (Å²) in [5.41, 5.74) is 0. The standard InChI is InChI=1S/C10H13NO3.Na/c1-3-7-11(8-4-2)9(12)5-6-10(13)14;/h3-6H,1-2,7-8H2,(H,13,14);/q;+1/p-1. The zero-order valence-electron chi connectivity index (χ0n) is 8.81. The molecular formula is C10H12NNaO3. The fourth-order valence-corrected chi connectivity index (χ4v) is 0.811. The smallest absolute Gasteiger partial charge is 0.545 e. The molecule has 0 N–H and O–H groups in total. The van der Waals surface area contributed by atoms with Gasteiger partial charge in [0, 0.05) is 19.2 Å². The molecule has 5 heteroatoms. The van der Waals surface area contributed by atoms with Crippen LogP contribution in [0.2, 0.25) is 0 Å². The topological polar surface area (TPSA) is 60.4 Å². The van der Waals surface area contributed by atoms with Gasteiger partial charge in [-0.2, -0.15) is 0 Å². The first kappa shape index (κ1) is 16.6. The number of rotatable bonds is 6. The van der Waals surface area contributed by atoms with Crippen LogP contribution in [0.25, 0.3) is 0 Å². The number of amides is 1. The number of carbonyl (C=O) groups excluding carboxylic acids is 2. The summed E-state index contributed by atoms with van der Waals surface area (Å²) in [5.74, 6) is -1.80. The Morgan fingerprint density at radius 2 is 1.60 bits per heavy atom. The van der Waals surface area contributed by atoms with E-state index in [9.17, 15) is 14.7 Å². The summed E-state index contributed by atoms with van der Waals surface area (Å²) < 4.78 is 0. The van der Waals surface area contributed by atoms with Crippen molar-refractivity contribution in [1.82, 2.24) is 4.90 Å². The summed E-state index contributed by atoms with van der Waals surface area (Å²) in [4.78, 5) is 22.7. The number of carboxylic acid groups (broad SMARTS) is 1. The van der Waals surface area contributed by atoms with Crippen LogP contribution in [-0.4, -0.2) is 29.9 Å². The molecule has 4 nitrogen and oxygen atoms in total. The van der Waals surface area contributed by atoms with Crippen molar-refractivity contribution >= 4 is 11.9 Å². The minimum atomic E-state index is -1.39. The molecule has 0 aliphatic heterocycles. The summed E-state index contributed by atoms with van der Waals surface area (Å²) in [6.07, 6.45) is 4.74. The third-order valence-electron chi connectivity index (χ3n) is 1.37. The Bertz CT molecular complexity index is 264. The molecule has 0 unspecified atom stereocenters. The normalized spacial score (nSPS) is 9.07. The van der Waals surface area contributed by atoms with E-state index in [4.69, 9.17) is 0 Å². The monoisotopic (exact) mass is 217 g/mol. The van der Waals surface area contributed by atoms with Gasteiger partial charge in [0.25, 0.3) is 0 Å². The molecule has 0 rings (SSSR count). The van der Waals surface area contributed by atoms with Crippen molar-refractivity contribution in [1.29, 1.82) is 0 Å². The molecule has 0 atom stereocenters. The number of aliphatic carboxylic acids is 1. The predicted octanol–water partition coefficient (Wildman–Crippen LogP) is -3.50. The summed E-state index contributed by atoms with van der Waals surface area (Å²) in [6.45, 7) is 7.66. The summed E-state index contributed by atoms with van der Waals surface area (Å²) >= 11 is 0. The van der Waals surface area contributed by atoms with Crippen molar-refractivity contribution < 1.29 is 44.3 Å². The zero-order valence-corrected chi connectivity index (χ0v) is 10.8. The molecular weight excluding hydrogens is 205 g/mol. The van der Waals surface area contributed by atoms with Gasteiger partial charge in [0.1, 0.15) is 0 Å². The molecule has 1 amide bonds. The first-order valence-corrected chi connectivity index (χ1v) is 4.01. The molecule has 0 aliphatic rings. The maximum absolute atomic E-state index is 11.3. The fraction of sp³-hybridized carbons (Fsp3) is 0.200. The van der Waals surface area contributed by atoms with E-state index in [1.54, 1.807) is 12.2 Å². The van der Waals surface area contributed by atoms with Crippen LogP contribution in [0.15, 0.2) is 37.5 Å². The van der Waals surface area contributed by atoms with E-state index in [1.165, 1.54) is 4.90 Å². The second-order valence-corrected chi connectivity index (χ2v) is 2.47. The van der Waals surface area contributed by atoms with Crippen molar-refractivity contribution in [3.63, 3.8) is 0 Å². The molecule has 0 saturated heterocycles. The molecule has 0 aromatic heterocycles. The molecule has 0 saturated carbocycles. The van der Waals surface area contributed by atoms with E-state index in [2.05, 4.69) is 13.2 Å². The van der Waals surface area contributed by atoms with Crippen LogP contribution in [-0.2, 0) is 9.59 Å². The van der Waals surface area contributed by atoms with Crippen LogP contribution in [0.1, 0.15) is 0 Å². The van der Waals surface area contributed by atoms with Gasteiger partial charge in [-0.05, 0) is 6.08 Å². The molecule has 0 heterocycles. The summed E-state index contributed by atoms with van der Waals surface area (Å²) in [5, 5.41) is 10.0. The molecule has 0 radical (unpaired) electrons. The average molecular weight is 217 g/mol. The largest absolute Gasteiger partial charge is 1.00 e. The Labute approximate surface area is 111 Å². The Hall–Kier alpha value is -0.840. The van der Waals surface area contributed by atoms with Gasteiger partial charge in [-0.15, -0.1) is 13.2 Å². The van der Waals surface area contributed by atoms with Crippen LogP contribution in [0.5, 0.6) is 0 Å². The maximum atomic E-state index is 11.3. The van der Waals surface area contributed by atoms with Crippen molar-refractivity contribution in [2.45, 2.75) is 0 Å². The Kier molecular flexibility index (Phi) is 10.7. The Balaban J connectivity index is 0. The minimum absolute atomic E-state index is 0. The zero-order chi connectivity index (χ0) is 11.0. The third kappa shape index (κ3) is 8.17. The number of carboxylic acids is 1. The minimum Gasteiger partial charge on any atom is -0.545 e. The van der Waals surface area contributed by atoms with Crippen molar-refractivity contribution in [3.05, 3.63) is 37.5 Å². The number of hydrogen-bond acceptors (Lipinski definition) is 3. The summed E-state index contributed by atoms with van der Waals surface area (Å²) in [7, 11) is 0. The molecule has 0 bridgehead atoms. The predicted molar refractivity (Wildman–Crippen MR) is 51.1 cm³/mol. The van der Waals surface area contributed by atoms with Crippen molar-refractivity contribution in [2.75, 3.05) is 13.1 Å². The Morgan fingerprint density at radius 3 is 1.93 bits per heavy atom. The van der Waals surface area contributed by atoms with E-state index >= 15 is 0 Å². The van der Waals surface area contributed by atoms with Gasteiger partial charge in [0.15, 0.2) is 0 Å². The third-order valence-corrected chi connectivity index (χ3v) is 1.37. The molecule has 15 heavy (non-hydrogen) atoms. The van der Waals surface area contributed by atoms with Gasteiger partial charge in [-0.3, -0.25) is 4.79 Å². The van der Waals surface area contributed by atoms with Crippen LogP contribution in [0.4, 0.5) is 0 Å². The molecule has 0 spiro atoms. The number of carbonyl (C=O) groups is 2. The van der Waals surface area contributed by atoms with Gasteiger partial charge in [-0.25, -0.2) is 0 Å². The quantitative estimate of drug-likeness (QED) is 0.263. The fourth-order valence-electron chi connectivity index (χ4n) is 0.811. The number of nitrogens with zero attached hydrogens (tertiary/aromatic N) is 1.